The SMILES string of the molecule is O=c1c(Cl)c(NC2CCN(CC3CCCC3)CC2)cnn1-c1ccc([N+](=O)[O-])cc1. The van der Waals surface area contributed by atoms with E-state index in [1.54, 1.807) is 6.20 Å². The summed E-state index contributed by atoms with van der Waals surface area (Å²) in [5.74, 6) is 0.861. The fraction of sp³-hybridized carbons (Fsp3) is 0.524. The maximum atomic E-state index is 12.7. The standard InChI is InChI=1S/C21H26ClN5O3/c22-20-19(24-16-9-11-25(12-10-16)14-15-3-1-2-4-15)13-23-26(21(20)28)17-5-7-18(8-6-17)27(29)30/h5-8,13,15-16,24H,1-4,9-12,14H2. The summed E-state index contributed by atoms with van der Waals surface area (Å²) in [6.07, 6.45) is 9.05. The molecule has 2 aliphatic rings. The van der Waals surface area contributed by atoms with E-state index in [1.165, 1.54) is 56.5 Å². The Labute approximate surface area is 180 Å². The Balaban J connectivity index is 1.39. The van der Waals surface area contributed by atoms with Crippen LogP contribution in [0.5, 0.6) is 0 Å². The molecular weight excluding hydrogens is 406 g/mol. The van der Waals surface area contributed by atoms with Crippen LogP contribution in [0.3, 0.4) is 0 Å². The van der Waals surface area contributed by atoms with E-state index in [1.807, 2.05) is 0 Å². The van der Waals surface area contributed by atoms with Crippen LogP contribution >= 0.6 is 11.6 Å². The Bertz CT molecular complexity index is 948. The first-order chi connectivity index (χ1) is 14.5. The molecule has 30 heavy (non-hydrogen) atoms. The molecule has 4 rings (SSSR count). The van der Waals surface area contributed by atoms with E-state index in [-0.39, 0.29) is 16.8 Å². The Kier molecular flexibility index (Phi) is 6.34. The number of nitro groups is 1. The van der Waals surface area contributed by atoms with Gasteiger partial charge < -0.3 is 10.2 Å². The maximum absolute atomic E-state index is 12.7. The predicted molar refractivity (Wildman–Crippen MR) is 117 cm³/mol. The number of hydrogen-bond donors (Lipinski definition) is 1. The van der Waals surface area contributed by atoms with Crippen LogP contribution in [0.2, 0.25) is 5.02 Å². The lowest BCUT2D eigenvalue weighted by atomic mass is 10.0. The smallest absolute Gasteiger partial charge is 0.292 e. The number of piperidine rings is 1. The van der Waals surface area contributed by atoms with Gasteiger partial charge in [0.25, 0.3) is 11.2 Å². The van der Waals surface area contributed by atoms with Crippen molar-refractivity contribution in [2.75, 3.05) is 25.0 Å². The highest BCUT2D eigenvalue weighted by Gasteiger charge is 2.24. The van der Waals surface area contributed by atoms with E-state index in [4.69, 9.17) is 11.6 Å². The molecule has 2 aromatic rings. The summed E-state index contributed by atoms with van der Waals surface area (Å²) in [4.78, 5) is 25.6. The van der Waals surface area contributed by atoms with Crippen molar-refractivity contribution in [3.8, 4) is 5.69 Å². The monoisotopic (exact) mass is 431 g/mol. The molecule has 0 spiro atoms. The van der Waals surface area contributed by atoms with Gasteiger partial charge in [-0.25, -0.2) is 0 Å². The molecule has 0 unspecified atom stereocenters. The minimum atomic E-state index is -0.487. The number of nitrogens with one attached hydrogen (secondary N) is 1. The van der Waals surface area contributed by atoms with Crippen molar-refractivity contribution < 1.29 is 4.92 Å². The third-order valence-corrected chi connectivity index (χ3v) is 6.53. The number of benzene rings is 1. The number of rotatable bonds is 6. The Morgan fingerprint density at radius 3 is 2.43 bits per heavy atom. The number of halogens is 1. The normalized spacial score (nSPS) is 18.6. The van der Waals surface area contributed by atoms with Crippen molar-refractivity contribution in [3.63, 3.8) is 0 Å². The van der Waals surface area contributed by atoms with Crippen LogP contribution in [-0.2, 0) is 0 Å². The minimum Gasteiger partial charge on any atom is -0.380 e. The lowest BCUT2D eigenvalue weighted by Crippen LogP contribution is -2.41. The van der Waals surface area contributed by atoms with Crippen LogP contribution in [0.15, 0.2) is 35.3 Å². The molecule has 2 fully saturated rings. The summed E-state index contributed by atoms with van der Waals surface area (Å²) >= 11 is 6.34. The third-order valence-electron chi connectivity index (χ3n) is 6.16. The van der Waals surface area contributed by atoms with Gasteiger partial charge in [-0.05, 0) is 43.7 Å². The maximum Gasteiger partial charge on any atom is 0.292 e. The fourth-order valence-corrected chi connectivity index (χ4v) is 4.65. The molecule has 160 valence electrons. The zero-order valence-electron chi connectivity index (χ0n) is 16.8. The molecule has 1 aliphatic heterocycles. The summed E-state index contributed by atoms with van der Waals surface area (Å²) in [5, 5.41) is 18.5. The van der Waals surface area contributed by atoms with Gasteiger partial charge in [0.05, 0.1) is 22.5 Å². The summed E-state index contributed by atoms with van der Waals surface area (Å²) < 4.78 is 1.15. The molecule has 1 saturated heterocycles. The number of aromatic nitrogens is 2. The van der Waals surface area contributed by atoms with E-state index in [2.05, 4.69) is 15.3 Å². The van der Waals surface area contributed by atoms with Crippen molar-refractivity contribution in [1.29, 1.82) is 0 Å². The molecule has 1 aromatic heterocycles. The molecule has 1 aliphatic carbocycles. The number of nitrogens with zero attached hydrogens (tertiary/aromatic N) is 4. The number of nitro benzene ring substituents is 1. The first-order valence-corrected chi connectivity index (χ1v) is 10.9. The van der Waals surface area contributed by atoms with E-state index in [0.717, 1.165) is 36.5 Å². The van der Waals surface area contributed by atoms with Gasteiger partial charge in [-0.15, -0.1) is 0 Å². The second-order valence-electron chi connectivity index (χ2n) is 8.23. The fourth-order valence-electron chi connectivity index (χ4n) is 4.47. The van der Waals surface area contributed by atoms with Gasteiger partial charge in [0.2, 0.25) is 0 Å². The van der Waals surface area contributed by atoms with Gasteiger partial charge in [-0.2, -0.15) is 9.78 Å². The van der Waals surface area contributed by atoms with Crippen LogP contribution < -0.4 is 10.9 Å². The van der Waals surface area contributed by atoms with Gasteiger partial charge in [-0.3, -0.25) is 14.9 Å². The van der Waals surface area contributed by atoms with Crippen molar-refractivity contribution in [2.24, 2.45) is 5.92 Å². The van der Waals surface area contributed by atoms with E-state index in [0.29, 0.717) is 11.4 Å². The van der Waals surface area contributed by atoms with Crippen molar-refractivity contribution in [3.05, 3.63) is 56.0 Å². The van der Waals surface area contributed by atoms with Gasteiger partial charge in [0, 0.05) is 37.8 Å². The third kappa shape index (κ3) is 4.65. The van der Waals surface area contributed by atoms with E-state index in [9.17, 15) is 14.9 Å². The average Bonchev–Trinajstić information content (AvgIpc) is 3.26. The highest BCUT2D eigenvalue weighted by atomic mass is 35.5. The van der Waals surface area contributed by atoms with Gasteiger partial charge in [0.1, 0.15) is 5.02 Å². The summed E-state index contributed by atoms with van der Waals surface area (Å²) in [5.41, 5.74) is 0.470. The van der Waals surface area contributed by atoms with Crippen LogP contribution in [-0.4, -0.2) is 45.3 Å². The van der Waals surface area contributed by atoms with Crippen molar-refractivity contribution in [2.45, 2.75) is 44.6 Å². The van der Waals surface area contributed by atoms with Gasteiger partial charge in [-0.1, -0.05) is 24.4 Å². The zero-order chi connectivity index (χ0) is 21.1. The average molecular weight is 432 g/mol. The predicted octanol–water partition coefficient (Wildman–Crippen LogP) is 3.86. The first kappa shape index (κ1) is 20.8. The molecule has 0 amide bonds. The molecule has 1 N–H and O–H groups in total. The number of anilines is 1. The van der Waals surface area contributed by atoms with Gasteiger partial charge in [0.15, 0.2) is 0 Å². The number of likely N-dealkylation sites (tertiary alicyclic amines) is 1. The summed E-state index contributed by atoms with van der Waals surface area (Å²) in [6.45, 7) is 3.32. The molecule has 2 heterocycles. The Morgan fingerprint density at radius 1 is 1.13 bits per heavy atom. The number of non-ortho nitro benzene ring substituents is 1. The van der Waals surface area contributed by atoms with Crippen LogP contribution in [0.1, 0.15) is 38.5 Å². The van der Waals surface area contributed by atoms with Crippen molar-refractivity contribution >= 4 is 23.0 Å². The quantitative estimate of drug-likeness (QED) is 0.551. The lowest BCUT2D eigenvalue weighted by Gasteiger charge is -2.34. The van der Waals surface area contributed by atoms with E-state index >= 15 is 0 Å². The molecule has 9 heteroatoms. The lowest BCUT2D eigenvalue weighted by molar-refractivity contribution is -0.384. The molecule has 0 atom stereocenters. The molecular formula is C21H26ClN5O3. The molecule has 1 aromatic carbocycles. The Morgan fingerprint density at radius 2 is 1.80 bits per heavy atom. The molecule has 8 nitrogen and oxygen atoms in total. The zero-order valence-corrected chi connectivity index (χ0v) is 17.6. The Hall–Kier alpha value is -2.45. The molecule has 1 saturated carbocycles. The highest BCUT2D eigenvalue weighted by molar-refractivity contribution is 6.33. The first-order valence-electron chi connectivity index (χ1n) is 10.5. The van der Waals surface area contributed by atoms with Crippen LogP contribution in [0, 0.1) is 16.0 Å². The largest absolute Gasteiger partial charge is 0.380 e. The minimum absolute atomic E-state index is 0.0459. The summed E-state index contributed by atoms with van der Waals surface area (Å²) in [6, 6.07) is 5.90. The second-order valence-corrected chi connectivity index (χ2v) is 8.61. The topological polar surface area (TPSA) is 93.3 Å². The second kappa shape index (κ2) is 9.14. The van der Waals surface area contributed by atoms with Crippen molar-refractivity contribution in [1.82, 2.24) is 14.7 Å². The van der Waals surface area contributed by atoms with E-state index < -0.39 is 10.5 Å². The molecule has 0 bridgehead atoms. The number of hydrogen-bond acceptors (Lipinski definition) is 6. The summed E-state index contributed by atoms with van der Waals surface area (Å²) in [7, 11) is 0. The molecule has 0 radical (unpaired) electrons. The highest BCUT2D eigenvalue weighted by Crippen LogP contribution is 2.27. The van der Waals surface area contributed by atoms with Crippen LogP contribution in [0.4, 0.5) is 11.4 Å². The van der Waals surface area contributed by atoms with Gasteiger partial charge >= 0.3 is 0 Å². The van der Waals surface area contributed by atoms with Crippen LogP contribution in [0.25, 0.3) is 5.69 Å².